The molecule has 0 saturated heterocycles. The topological polar surface area (TPSA) is 119 Å². The second kappa shape index (κ2) is 10.3. The van der Waals surface area contributed by atoms with Crippen LogP contribution >= 0.6 is 23.1 Å². The lowest BCUT2D eigenvalue weighted by Crippen LogP contribution is -2.11. The SMILES string of the molecule is O=C(Nc1ccc2nc(Sc3ccc(C=C4C(=O)c5ccccc5C4=O)cc3[N+](=O)[O-])sc2c1)c1ccccc1. The van der Waals surface area contributed by atoms with Gasteiger partial charge in [0.05, 0.1) is 25.6 Å². The third kappa shape index (κ3) is 4.81. The number of rotatable bonds is 6. The van der Waals surface area contributed by atoms with Crippen molar-refractivity contribution in [2.45, 2.75) is 9.24 Å². The molecular formula is C30H17N3O5S2. The van der Waals surface area contributed by atoms with Gasteiger partial charge >= 0.3 is 0 Å². The predicted octanol–water partition coefficient (Wildman–Crippen LogP) is 7.07. The Balaban J connectivity index is 1.25. The molecule has 8 nitrogen and oxygen atoms in total. The van der Waals surface area contributed by atoms with Gasteiger partial charge in [0.15, 0.2) is 15.9 Å². The summed E-state index contributed by atoms with van der Waals surface area (Å²) in [5, 5.41) is 14.8. The molecule has 5 aromatic rings. The maximum atomic E-state index is 12.7. The number of allylic oxidation sites excluding steroid dienone is 1. The minimum atomic E-state index is -0.498. The highest BCUT2D eigenvalue weighted by molar-refractivity contribution is 8.01. The number of nitrogens with one attached hydrogen (secondary N) is 1. The van der Waals surface area contributed by atoms with Gasteiger partial charge in [0.2, 0.25) is 0 Å². The summed E-state index contributed by atoms with van der Waals surface area (Å²) in [6, 6.07) is 25.4. The molecule has 0 fully saturated rings. The number of hydrogen-bond donors (Lipinski definition) is 1. The molecule has 0 saturated carbocycles. The number of ketones is 2. The van der Waals surface area contributed by atoms with Crippen molar-refractivity contribution in [2.24, 2.45) is 0 Å². The van der Waals surface area contributed by atoms with E-state index >= 15 is 0 Å². The van der Waals surface area contributed by atoms with Gasteiger partial charge in [-0.05, 0) is 48.0 Å². The molecule has 0 bridgehead atoms. The lowest BCUT2D eigenvalue weighted by Gasteiger charge is -2.04. The number of thiazole rings is 1. The zero-order valence-corrected chi connectivity index (χ0v) is 22.1. The van der Waals surface area contributed by atoms with E-state index in [1.165, 1.54) is 23.5 Å². The molecule has 1 aliphatic rings. The van der Waals surface area contributed by atoms with Gasteiger partial charge in [-0.25, -0.2) is 4.98 Å². The summed E-state index contributed by atoms with van der Waals surface area (Å²) in [6.45, 7) is 0. The van der Waals surface area contributed by atoms with Crippen LogP contribution in [0.1, 0.15) is 36.6 Å². The number of carbonyl (C=O) groups excluding carboxylic acids is 3. The van der Waals surface area contributed by atoms with Crippen LogP contribution in [0.15, 0.2) is 106 Å². The number of nitrogens with zero attached hydrogens (tertiary/aromatic N) is 2. The number of benzene rings is 4. The van der Waals surface area contributed by atoms with Crippen LogP contribution in [0.25, 0.3) is 16.3 Å². The van der Waals surface area contributed by atoms with Crippen molar-refractivity contribution in [1.82, 2.24) is 4.98 Å². The van der Waals surface area contributed by atoms with E-state index in [0.29, 0.717) is 42.7 Å². The lowest BCUT2D eigenvalue weighted by atomic mass is 10.1. The van der Waals surface area contributed by atoms with Crippen LogP contribution in [0, 0.1) is 10.1 Å². The Labute approximate surface area is 235 Å². The molecule has 6 rings (SSSR count). The molecule has 4 aromatic carbocycles. The van der Waals surface area contributed by atoms with Crippen LogP contribution in [-0.2, 0) is 0 Å². The van der Waals surface area contributed by atoms with Crippen molar-refractivity contribution in [3.8, 4) is 0 Å². The van der Waals surface area contributed by atoms with Crippen LogP contribution < -0.4 is 5.32 Å². The first-order valence-corrected chi connectivity index (χ1v) is 13.6. The minimum Gasteiger partial charge on any atom is -0.322 e. The molecule has 1 heterocycles. The first kappa shape index (κ1) is 25.4. The number of amides is 1. The highest BCUT2D eigenvalue weighted by atomic mass is 32.2. The predicted molar refractivity (Wildman–Crippen MR) is 154 cm³/mol. The number of fused-ring (bicyclic) bond motifs is 2. The van der Waals surface area contributed by atoms with Crippen molar-refractivity contribution in [3.63, 3.8) is 0 Å². The van der Waals surface area contributed by atoms with Crippen molar-refractivity contribution in [3.05, 3.63) is 129 Å². The Bertz CT molecular complexity index is 1860. The van der Waals surface area contributed by atoms with Crippen LogP contribution in [0.2, 0.25) is 0 Å². The Morgan fingerprint density at radius 3 is 2.30 bits per heavy atom. The average molecular weight is 564 g/mol. The smallest absolute Gasteiger partial charge is 0.283 e. The van der Waals surface area contributed by atoms with Gasteiger partial charge in [-0.1, -0.05) is 60.3 Å². The summed E-state index contributed by atoms with van der Waals surface area (Å²) in [4.78, 5) is 54.3. The molecule has 0 unspecified atom stereocenters. The molecule has 194 valence electrons. The van der Waals surface area contributed by atoms with Crippen molar-refractivity contribution >= 4 is 68.2 Å². The maximum Gasteiger partial charge on any atom is 0.283 e. The van der Waals surface area contributed by atoms with E-state index in [4.69, 9.17) is 0 Å². The molecule has 0 atom stereocenters. The normalized spacial score (nSPS) is 12.4. The number of carbonyl (C=O) groups is 3. The minimum absolute atomic E-state index is 0.0165. The van der Waals surface area contributed by atoms with Crippen LogP contribution in [0.4, 0.5) is 11.4 Å². The number of anilines is 1. The van der Waals surface area contributed by atoms with Gasteiger partial charge in [0.1, 0.15) is 0 Å². The Morgan fingerprint density at radius 1 is 0.900 bits per heavy atom. The van der Waals surface area contributed by atoms with Gasteiger partial charge < -0.3 is 5.32 Å². The Hall–Kier alpha value is -4.93. The Kier molecular flexibility index (Phi) is 6.54. The first-order chi connectivity index (χ1) is 19.4. The summed E-state index contributed by atoms with van der Waals surface area (Å²) < 4.78 is 1.41. The maximum absolute atomic E-state index is 12.7. The highest BCUT2D eigenvalue weighted by Gasteiger charge is 2.32. The van der Waals surface area contributed by atoms with Gasteiger partial charge in [-0.3, -0.25) is 24.5 Å². The van der Waals surface area contributed by atoms with Crippen LogP contribution in [-0.4, -0.2) is 27.4 Å². The molecule has 0 aliphatic heterocycles. The number of aromatic nitrogens is 1. The zero-order chi connectivity index (χ0) is 27.8. The third-order valence-electron chi connectivity index (χ3n) is 6.26. The molecule has 10 heteroatoms. The number of nitro benzene ring substituents is 1. The molecule has 1 amide bonds. The Morgan fingerprint density at radius 2 is 1.60 bits per heavy atom. The van der Waals surface area contributed by atoms with Crippen molar-refractivity contribution in [1.29, 1.82) is 0 Å². The summed E-state index contributed by atoms with van der Waals surface area (Å²) in [5.41, 5.74) is 2.72. The van der Waals surface area contributed by atoms with E-state index in [2.05, 4.69) is 10.3 Å². The van der Waals surface area contributed by atoms with E-state index in [1.54, 1.807) is 72.8 Å². The third-order valence-corrected chi connectivity index (χ3v) is 8.40. The lowest BCUT2D eigenvalue weighted by molar-refractivity contribution is -0.387. The molecule has 1 aliphatic carbocycles. The van der Waals surface area contributed by atoms with Crippen molar-refractivity contribution < 1.29 is 19.3 Å². The fraction of sp³-hybridized carbons (Fsp3) is 0. The molecule has 1 aromatic heterocycles. The zero-order valence-electron chi connectivity index (χ0n) is 20.5. The van der Waals surface area contributed by atoms with Gasteiger partial charge in [-0.2, -0.15) is 0 Å². The number of hydrogen-bond acceptors (Lipinski definition) is 8. The second-order valence-electron chi connectivity index (χ2n) is 8.83. The van der Waals surface area contributed by atoms with Gasteiger partial charge in [0, 0.05) is 28.4 Å². The van der Waals surface area contributed by atoms with Gasteiger partial charge in [0.25, 0.3) is 11.6 Å². The van der Waals surface area contributed by atoms with Crippen molar-refractivity contribution in [2.75, 3.05) is 5.32 Å². The number of nitro groups is 1. The monoisotopic (exact) mass is 563 g/mol. The quantitative estimate of drug-likeness (QED) is 0.102. The number of Topliss-reactive ketones (excluding diaryl/α,β-unsaturated/α-hetero) is 2. The van der Waals surface area contributed by atoms with E-state index in [-0.39, 0.29) is 17.2 Å². The summed E-state index contributed by atoms with van der Waals surface area (Å²) >= 11 is 2.50. The highest BCUT2D eigenvalue weighted by Crippen LogP contribution is 2.40. The first-order valence-electron chi connectivity index (χ1n) is 12.0. The molecule has 1 N–H and O–H groups in total. The fourth-order valence-corrected chi connectivity index (χ4v) is 6.48. The van der Waals surface area contributed by atoms with Crippen LogP contribution in [0.3, 0.4) is 0 Å². The standard InChI is InChI=1S/C30H17N3O5S2/c34-27-20-8-4-5-9-21(20)28(35)22(27)14-17-10-13-25(24(15-17)33(37)38)39-30-32-23-12-11-19(16-26(23)40-30)31-29(36)18-6-2-1-3-7-18/h1-16H,(H,31,36). The summed E-state index contributed by atoms with van der Waals surface area (Å²) in [6.07, 6.45) is 1.40. The second-order valence-corrected chi connectivity index (χ2v) is 11.2. The van der Waals surface area contributed by atoms with Gasteiger partial charge in [-0.15, -0.1) is 11.3 Å². The van der Waals surface area contributed by atoms with E-state index in [0.717, 1.165) is 16.5 Å². The summed E-state index contributed by atoms with van der Waals surface area (Å²) in [7, 11) is 0. The van der Waals surface area contributed by atoms with E-state index in [1.807, 2.05) is 12.1 Å². The van der Waals surface area contributed by atoms with Crippen LogP contribution in [0.5, 0.6) is 0 Å². The summed E-state index contributed by atoms with van der Waals surface area (Å²) in [5.74, 6) is -1.01. The molecule has 0 radical (unpaired) electrons. The fourth-order valence-electron chi connectivity index (χ4n) is 4.34. The van der Waals surface area contributed by atoms with E-state index in [9.17, 15) is 24.5 Å². The average Bonchev–Trinajstić information content (AvgIpc) is 3.47. The molecule has 0 spiro atoms. The molecular weight excluding hydrogens is 546 g/mol. The molecule has 40 heavy (non-hydrogen) atoms. The largest absolute Gasteiger partial charge is 0.322 e. The van der Waals surface area contributed by atoms with E-state index < -0.39 is 16.5 Å².